The number of hydrogen-bond donors (Lipinski definition) is 1. The number of thioether (sulfide) groups is 1. The van der Waals surface area contributed by atoms with Crippen molar-refractivity contribution in [3.05, 3.63) is 59.3 Å². The van der Waals surface area contributed by atoms with Gasteiger partial charge >= 0.3 is 0 Å². The molecule has 2 aromatic carbocycles. The van der Waals surface area contributed by atoms with E-state index in [0.29, 0.717) is 4.91 Å². The molecule has 0 bridgehead atoms. The minimum absolute atomic E-state index is 0.345. The molecule has 0 unspecified atom stereocenters. The van der Waals surface area contributed by atoms with Crippen LogP contribution in [0.3, 0.4) is 0 Å². The Kier molecular flexibility index (Phi) is 6.11. The second-order valence-corrected chi connectivity index (χ2v) is 9.24. The molecule has 1 aromatic heterocycles. The lowest BCUT2D eigenvalue weighted by molar-refractivity contribution is -0.115. The molecule has 0 saturated carbocycles. The molecule has 0 aliphatic carbocycles. The summed E-state index contributed by atoms with van der Waals surface area (Å²) in [5.41, 5.74) is 4.75. The quantitative estimate of drug-likeness (QED) is 0.574. The average molecular weight is 460 g/mol. The van der Waals surface area contributed by atoms with E-state index >= 15 is 0 Å². The Balaban J connectivity index is 1.41. The van der Waals surface area contributed by atoms with Crippen LogP contribution in [0.25, 0.3) is 28.2 Å². The Morgan fingerprint density at radius 3 is 2.52 bits per heavy atom. The lowest BCUT2D eigenvalue weighted by atomic mass is 10.0. The van der Waals surface area contributed by atoms with E-state index in [-0.39, 0.29) is 11.1 Å². The number of anilines is 1. The fourth-order valence-electron chi connectivity index (χ4n) is 4.34. The third-order valence-corrected chi connectivity index (χ3v) is 6.83. The van der Waals surface area contributed by atoms with E-state index in [2.05, 4.69) is 56.3 Å². The number of hydrogen-bond acceptors (Lipinski definition) is 7. The summed E-state index contributed by atoms with van der Waals surface area (Å²) in [6, 6.07) is 14.3. The van der Waals surface area contributed by atoms with Gasteiger partial charge in [0.15, 0.2) is 0 Å². The summed E-state index contributed by atoms with van der Waals surface area (Å²) in [7, 11) is 0. The largest absolute Gasteiger partial charge is 0.369 e. The molecule has 2 saturated heterocycles. The maximum Gasteiger partial charge on any atom is 0.290 e. The average Bonchev–Trinajstić information content (AvgIpc) is 3.16. The Hall–Kier alpha value is -3.23. The summed E-state index contributed by atoms with van der Waals surface area (Å²) in [4.78, 5) is 37.7. The molecule has 168 valence electrons. The van der Waals surface area contributed by atoms with Gasteiger partial charge in [0.1, 0.15) is 6.33 Å². The molecule has 0 spiro atoms. The number of amides is 2. The first-order valence-corrected chi connectivity index (χ1v) is 12.0. The van der Waals surface area contributed by atoms with Gasteiger partial charge in [0.2, 0.25) is 0 Å². The molecule has 2 fully saturated rings. The molecular formula is C25H25N5O2S. The topological polar surface area (TPSA) is 78.4 Å². The van der Waals surface area contributed by atoms with Crippen LogP contribution in [0.5, 0.6) is 0 Å². The number of benzene rings is 2. The van der Waals surface area contributed by atoms with Gasteiger partial charge in [0, 0.05) is 42.8 Å². The van der Waals surface area contributed by atoms with Crippen molar-refractivity contribution < 1.29 is 9.59 Å². The van der Waals surface area contributed by atoms with Crippen LogP contribution < -0.4 is 10.2 Å². The summed E-state index contributed by atoms with van der Waals surface area (Å²) in [6.45, 7) is 7.70. The summed E-state index contributed by atoms with van der Waals surface area (Å²) in [5.74, 6) is -0.360. The lowest BCUT2D eigenvalue weighted by Gasteiger charge is -2.36. The summed E-state index contributed by atoms with van der Waals surface area (Å²) < 4.78 is 0. The van der Waals surface area contributed by atoms with Gasteiger partial charge in [-0.1, -0.05) is 25.1 Å². The minimum atomic E-state index is -0.360. The van der Waals surface area contributed by atoms with Crippen LogP contribution >= 0.6 is 11.8 Å². The van der Waals surface area contributed by atoms with Gasteiger partial charge in [0.25, 0.3) is 11.1 Å². The van der Waals surface area contributed by atoms with Gasteiger partial charge in [-0.15, -0.1) is 0 Å². The van der Waals surface area contributed by atoms with Gasteiger partial charge in [-0.05, 0) is 60.6 Å². The number of imide groups is 1. The molecule has 1 N–H and O–H groups in total. The van der Waals surface area contributed by atoms with Crippen molar-refractivity contribution in [3.63, 3.8) is 0 Å². The van der Waals surface area contributed by atoms with E-state index in [0.717, 1.165) is 65.7 Å². The van der Waals surface area contributed by atoms with Crippen LogP contribution in [-0.4, -0.2) is 58.7 Å². The highest BCUT2D eigenvalue weighted by Crippen LogP contribution is 2.30. The number of piperazine rings is 1. The molecule has 7 nitrogen and oxygen atoms in total. The van der Waals surface area contributed by atoms with Gasteiger partial charge in [-0.2, -0.15) is 0 Å². The van der Waals surface area contributed by atoms with Gasteiger partial charge < -0.3 is 4.90 Å². The summed E-state index contributed by atoms with van der Waals surface area (Å²) >= 11 is 0.915. The van der Waals surface area contributed by atoms with Crippen molar-refractivity contribution in [2.45, 2.75) is 13.3 Å². The van der Waals surface area contributed by atoms with E-state index in [9.17, 15) is 9.59 Å². The Labute approximate surface area is 196 Å². The number of carbonyl (C=O) groups is 2. The summed E-state index contributed by atoms with van der Waals surface area (Å²) in [6.07, 6.45) is 4.50. The molecule has 5 rings (SSSR count). The maximum atomic E-state index is 11.9. The highest BCUT2D eigenvalue weighted by atomic mass is 32.2. The van der Waals surface area contributed by atoms with Crippen LogP contribution in [0.4, 0.5) is 10.5 Å². The molecule has 2 amide bonds. The number of carbonyl (C=O) groups excluding carboxylic acids is 2. The summed E-state index contributed by atoms with van der Waals surface area (Å²) in [5, 5.41) is 2.85. The van der Waals surface area contributed by atoms with E-state index < -0.39 is 0 Å². The van der Waals surface area contributed by atoms with Crippen LogP contribution in [0.1, 0.15) is 18.9 Å². The molecule has 0 radical (unpaired) electrons. The molecule has 3 aromatic rings. The zero-order valence-corrected chi connectivity index (χ0v) is 19.3. The van der Waals surface area contributed by atoms with Crippen molar-refractivity contribution in [1.82, 2.24) is 20.2 Å². The zero-order valence-electron chi connectivity index (χ0n) is 18.5. The van der Waals surface area contributed by atoms with E-state index in [4.69, 9.17) is 0 Å². The molecule has 2 aliphatic rings. The smallest absolute Gasteiger partial charge is 0.290 e. The van der Waals surface area contributed by atoms with Crippen molar-refractivity contribution in [2.24, 2.45) is 0 Å². The fourth-order valence-corrected chi connectivity index (χ4v) is 5.02. The van der Waals surface area contributed by atoms with E-state index in [1.54, 1.807) is 12.4 Å². The van der Waals surface area contributed by atoms with Crippen molar-refractivity contribution in [3.8, 4) is 11.3 Å². The van der Waals surface area contributed by atoms with E-state index in [1.165, 1.54) is 18.7 Å². The maximum absolute atomic E-state index is 11.9. The van der Waals surface area contributed by atoms with Crippen molar-refractivity contribution in [2.75, 3.05) is 37.6 Å². The third kappa shape index (κ3) is 4.62. The molecule has 3 heterocycles. The Morgan fingerprint density at radius 1 is 1.03 bits per heavy atom. The number of fused-ring (bicyclic) bond motifs is 1. The van der Waals surface area contributed by atoms with Crippen molar-refractivity contribution in [1.29, 1.82) is 0 Å². The van der Waals surface area contributed by atoms with Gasteiger partial charge in [-0.25, -0.2) is 9.97 Å². The Morgan fingerprint density at radius 2 is 1.82 bits per heavy atom. The van der Waals surface area contributed by atoms with Crippen LogP contribution in [0.15, 0.2) is 53.7 Å². The van der Waals surface area contributed by atoms with Crippen LogP contribution in [0.2, 0.25) is 0 Å². The standard InChI is InChI=1S/C25H25N5O2S/c1-2-9-29-10-12-30(13-11-29)19-6-4-18(5-7-19)23-20-14-17(3-8-21(20)26-16-27-23)15-22-24(31)28-25(32)33-22/h3-8,14-16H,2,9-13H2,1H3,(H,28,31,32). The number of rotatable bonds is 5. The van der Waals surface area contributed by atoms with Crippen LogP contribution in [0, 0.1) is 0 Å². The highest BCUT2D eigenvalue weighted by Gasteiger charge is 2.25. The SMILES string of the molecule is CCCN1CCN(c2ccc(-c3ncnc4ccc(C=C5SC(=O)NC5=O)cc34)cc2)CC1. The number of aromatic nitrogens is 2. The van der Waals surface area contributed by atoms with Crippen molar-refractivity contribution >= 4 is 45.6 Å². The first-order valence-electron chi connectivity index (χ1n) is 11.2. The molecule has 33 heavy (non-hydrogen) atoms. The molecule has 2 aliphatic heterocycles. The normalized spacial score (nSPS) is 18.3. The van der Waals surface area contributed by atoms with Gasteiger partial charge in [0.05, 0.1) is 16.1 Å². The molecule has 8 heteroatoms. The third-order valence-electron chi connectivity index (χ3n) is 6.02. The predicted molar refractivity (Wildman–Crippen MR) is 133 cm³/mol. The van der Waals surface area contributed by atoms with Gasteiger partial charge in [-0.3, -0.25) is 19.8 Å². The first kappa shape index (κ1) is 21.6. The minimum Gasteiger partial charge on any atom is -0.369 e. The number of nitrogens with zero attached hydrogens (tertiary/aromatic N) is 4. The van der Waals surface area contributed by atoms with E-state index in [1.807, 2.05) is 18.2 Å². The fraction of sp³-hybridized carbons (Fsp3) is 0.280. The monoisotopic (exact) mass is 459 g/mol. The second kappa shape index (κ2) is 9.33. The number of nitrogens with one attached hydrogen (secondary N) is 1. The highest BCUT2D eigenvalue weighted by molar-refractivity contribution is 8.18. The second-order valence-electron chi connectivity index (χ2n) is 8.23. The van der Waals surface area contributed by atoms with Crippen LogP contribution in [-0.2, 0) is 4.79 Å². The lowest BCUT2D eigenvalue weighted by Crippen LogP contribution is -2.46. The zero-order chi connectivity index (χ0) is 22.8. The predicted octanol–water partition coefficient (Wildman–Crippen LogP) is 4.15. The first-order chi connectivity index (χ1) is 16.1. The Bertz CT molecular complexity index is 1230. The molecule has 0 atom stereocenters. The molecular weight excluding hydrogens is 434 g/mol.